The van der Waals surface area contributed by atoms with Gasteiger partial charge in [0.1, 0.15) is 0 Å². The van der Waals surface area contributed by atoms with Gasteiger partial charge in [-0.2, -0.15) is 0 Å². The number of nitrogens with one attached hydrogen (secondary N) is 2. The Morgan fingerprint density at radius 3 is 2.53 bits per heavy atom. The number of rotatable bonds is 3. The normalized spacial score (nSPS) is 38.6. The van der Waals surface area contributed by atoms with Gasteiger partial charge in [-0.15, -0.1) is 12.4 Å². The van der Waals surface area contributed by atoms with Crippen LogP contribution in [-0.4, -0.2) is 35.7 Å². The molecule has 0 aromatic heterocycles. The number of hydrogen-bond donors (Lipinski definition) is 3. The molecule has 0 bridgehead atoms. The summed E-state index contributed by atoms with van der Waals surface area (Å²) in [5.41, 5.74) is 0. The molecule has 110 valence electrons. The summed E-state index contributed by atoms with van der Waals surface area (Å²) in [6, 6.07) is 0.243. The van der Waals surface area contributed by atoms with Crippen molar-refractivity contribution in [3.8, 4) is 0 Å². The van der Waals surface area contributed by atoms with Gasteiger partial charge >= 0.3 is 0 Å². The zero-order chi connectivity index (χ0) is 12.5. The van der Waals surface area contributed by atoms with Crippen LogP contribution in [0.2, 0.25) is 0 Å². The van der Waals surface area contributed by atoms with Crippen LogP contribution in [0.15, 0.2) is 0 Å². The summed E-state index contributed by atoms with van der Waals surface area (Å²) in [6.45, 7) is 0.550. The Morgan fingerprint density at radius 2 is 1.89 bits per heavy atom. The van der Waals surface area contributed by atoms with E-state index < -0.39 is 0 Å². The van der Waals surface area contributed by atoms with Gasteiger partial charge in [0.25, 0.3) is 0 Å². The first-order chi connectivity index (χ1) is 8.74. The van der Waals surface area contributed by atoms with E-state index in [0.717, 1.165) is 11.8 Å². The van der Waals surface area contributed by atoms with Crippen molar-refractivity contribution in [3.05, 3.63) is 0 Å². The van der Waals surface area contributed by atoms with Gasteiger partial charge in [-0.25, -0.2) is 0 Å². The van der Waals surface area contributed by atoms with Gasteiger partial charge in [0, 0.05) is 12.6 Å². The Labute approximate surface area is 121 Å². The van der Waals surface area contributed by atoms with Crippen LogP contribution in [0.3, 0.4) is 0 Å². The molecule has 3 fully saturated rings. The molecule has 0 aromatic rings. The number of aliphatic hydroxyl groups is 1. The average Bonchev–Trinajstić information content (AvgIpc) is 3.01. The summed E-state index contributed by atoms with van der Waals surface area (Å²) < 4.78 is 0. The van der Waals surface area contributed by atoms with Crippen LogP contribution >= 0.6 is 12.4 Å². The summed E-state index contributed by atoms with van der Waals surface area (Å²) in [5, 5.41) is 15.6. The van der Waals surface area contributed by atoms with E-state index in [1.165, 1.54) is 38.5 Å². The molecule has 4 atom stereocenters. The number of carbonyl (C=O) groups excluding carboxylic acids is 1. The molecule has 1 aliphatic heterocycles. The minimum absolute atomic E-state index is 0. The van der Waals surface area contributed by atoms with Crippen molar-refractivity contribution in [1.29, 1.82) is 0 Å². The lowest BCUT2D eigenvalue weighted by atomic mass is 9.85. The van der Waals surface area contributed by atoms with Crippen LogP contribution in [0.4, 0.5) is 0 Å². The number of β-amino-alcohol motifs (C(OH)–C–C–N with tert-alkyl or cyclic N) is 1. The third-order valence-corrected chi connectivity index (χ3v) is 4.85. The molecule has 4 unspecified atom stereocenters. The van der Waals surface area contributed by atoms with Crippen molar-refractivity contribution in [3.63, 3.8) is 0 Å². The van der Waals surface area contributed by atoms with Crippen molar-refractivity contribution in [2.45, 2.75) is 63.1 Å². The molecule has 0 spiro atoms. The maximum absolute atomic E-state index is 12.0. The van der Waals surface area contributed by atoms with Crippen molar-refractivity contribution >= 4 is 18.3 Å². The Balaban J connectivity index is 0.00000133. The molecule has 3 N–H and O–H groups in total. The SMILES string of the molecule is Cl.O=C(NC1CC1C1CCCCC1)C1CC(O)CN1. The van der Waals surface area contributed by atoms with Crippen LogP contribution in [-0.2, 0) is 4.79 Å². The first kappa shape index (κ1) is 15.1. The number of carbonyl (C=O) groups is 1. The van der Waals surface area contributed by atoms with Gasteiger partial charge in [-0.1, -0.05) is 32.1 Å². The largest absolute Gasteiger partial charge is 0.392 e. The molecule has 1 heterocycles. The van der Waals surface area contributed by atoms with Gasteiger partial charge in [-0.05, 0) is 24.7 Å². The van der Waals surface area contributed by atoms with E-state index in [9.17, 15) is 9.90 Å². The molecule has 19 heavy (non-hydrogen) atoms. The minimum Gasteiger partial charge on any atom is -0.392 e. The molecular weight excluding hydrogens is 264 g/mol. The highest BCUT2D eigenvalue weighted by Crippen LogP contribution is 2.44. The molecule has 4 nitrogen and oxygen atoms in total. The number of aliphatic hydroxyl groups excluding tert-OH is 1. The number of halogens is 1. The molecule has 1 saturated heterocycles. The summed E-state index contributed by atoms with van der Waals surface area (Å²) in [5.74, 6) is 1.68. The molecule has 1 amide bonds. The van der Waals surface area contributed by atoms with Crippen molar-refractivity contribution < 1.29 is 9.90 Å². The van der Waals surface area contributed by atoms with E-state index >= 15 is 0 Å². The van der Waals surface area contributed by atoms with Crippen molar-refractivity contribution in [1.82, 2.24) is 10.6 Å². The molecule has 5 heteroatoms. The maximum atomic E-state index is 12.0. The second kappa shape index (κ2) is 6.42. The zero-order valence-corrected chi connectivity index (χ0v) is 12.1. The van der Waals surface area contributed by atoms with Gasteiger partial charge in [0.15, 0.2) is 0 Å². The predicted molar refractivity (Wildman–Crippen MR) is 76.3 cm³/mol. The van der Waals surface area contributed by atoms with Crippen molar-refractivity contribution in [2.24, 2.45) is 11.8 Å². The molecule has 2 aliphatic carbocycles. The van der Waals surface area contributed by atoms with Crippen LogP contribution in [0, 0.1) is 11.8 Å². The first-order valence-electron chi connectivity index (χ1n) is 7.46. The molecule has 3 rings (SSSR count). The van der Waals surface area contributed by atoms with Gasteiger partial charge in [-0.3, -0.25) is 4.79 Å². The maximum Gasteiger partial charge on any atom is 0.237 e. The Kier molecular flexibility index (Phi) is 5.09. The standard InChI is InChI=1S/C14H24N2O2.ClH/c17-10-6-13(15-8-10)14(18)16-12-7-11(12)9-4-2-1-3-5-9;/h9-13,15,17H,1-8H2,(H,16,18);1H. The third kappa shape index (κ3) is 3.61. The lowest BCUT2D eigenvalue weighted by molar-refractivity contribution is -0.123. The van der Waals surface area contributed by atoms with E-state index in [2.05, 4.69) is 10.6 Å². The van der Waals surface area contributed by atoms with E-state index in [4.69, 9.17) is 0 Å². The first-order valence-corrected chi connectivity index (χ1v) is 7.46. The highest BCUT2D eigenvalue weighted by molar-refractivity contribution is 5.85. The second-order valence-electron chi connectivity index (χ2n) is 6.26. The Hall–Kier alpha value is -0.320. The van der Waals surface area contributed by atoms with E-state index in [1.807, 2.05) is 0 Å². The number of amides is 1. The summed E-state index contributed by atoms with van der Waals surface area (Å²) in [7, 11) is 0. The molecule has 0 aromatic carbocycles. The van der Waals surface area contributed by atoms with Gasteiger partial charge in [0.2, 0.25) is 5.91 Å². The molecule has 0 radical (unpaired) electrons. The van der Waals surface area contributed by atoms with E-state index in [0.29, 0.717) is 19.0 Å². The number of hydrogen-bond acceptors (Lipinski definition) is 3. The Morgan fingerprint density at radius 1 is 1.16 bits per heavy atom. The van der Waals surface area contributed by atoms with Crippen LogP contribution < -0.4 is 10.6 Å². The quantitative estimate of drug-likeness (QED) is 0.732. The fourth-order valence-corrected chi connectivity index (χ4v) is 3.66. The summed E-state index contributed by atoms with van der Waals surface area (Å²) in [6.07, 6.45) is 8.24. The third-order valence-electron chi connectivity index (χ3n) is 4.85. The predicted octanol–water partition coefficient (Wildman–Crippen LogP) is 1.22. The molecule has 3 aliphatic rings. The van der Waals surface area contributed by atoms with E-state index in [-0.39, 0.29) is 30.5 Å². The Bertz CT molecular complexity index is 321. The highest BCUT2D eigenvalue weighted by Gasteiger charge is 2.44. The monoisotopic (exact) mass is 288 g/mol. The van der Waals surface area contributed by atoms with Gasteiger partial charge < -0.3 is 15.7 Å². The van der Waals surface area contributed by atoms with Crippen LogP contribution in [0.25, 0.3) is 0 Å². The van der Waals surface area contributed by atoms with Crippen LogP contribution in [0.5, 0.6) is 0 Å². The fraction of sp³-hybridized carbons (Fsp3) is 0.929. The minimum atomic E-state index is -0.353. The second-order valence-corrected chi connectivity index (χ2v) is 6.26. The molecular formula is C14H25ClN2O2. The highest BCUT2D eigenvalue weighted by atomic mass is 35.5. The fourth-order valence-electron chi connectivity index (χ4n) is 3.66. The topological polar surface area (TPSA) is 61.4 Å². The average molecular weight is 289 g/mol. The molecule has 2 saturated carbocycles. The van der Waals surface area contributed by atoms with E-state index in [1.54, 1.807) is 0 Å². The van der Waals surface area contributed by atoms with Crippen LogP contribution in [0.1, 0.15) is 44.9 Å². The van der Waals surface area contributed by atoms with Gasteiger partial charge in [0.05, 0.1) is 12.1 Å². The zero-order valence-electron chi connectivity index (χ0n) is 11.3. The van der Waals surface area contributed by atoms with Crippen molar-refractivity contribution in [2.75, 3.05) is 6.54 Å². The summed E-state index contributed by atoms with van der Waals surface area (Å²) in [4.78, 5) is 12.0. The summed E-state index contributed by atoms with van der Waals surface area (Å²) >= 11 is 0. The lowest BCUT2D eigenvalue weighted by Gasteiger charge is -2.22. The smallest absolute Gasteiger partial charge is 0.237 e. The lowest BCUT2D eigenvalue weighted by Crippen LogP contribution is -2.42.